The molecule has 0 bridgehead atoms. The minimum absolute atomic E-state index is 0.00824. The van der Waals surface area contributed by atoms with Crippen LogP contribution >= 0.6 is 11.3 Å². The molecule has 0 amide bonds. The molecule has 0 aliphatic heterocycles. The van der Waals surface area contributed by atoms with E-state index in [1.165, 1.54) is 4.88 Å². The van der Waals surface area contributed by atoms with Crippen molar-refractivity contribution in [2.24, 2.45) is 0 Å². The third kappa shape index (κ3) is 3.59. The number of thiophene rings is 1. The van der Waals surface area contributed by atoms with Crippen molar-refractivity contribution in [3.05, 3.63) is 22.4 Å². The summed E-state index contributed by atoms with van der Waals surface area (Å²) in [7, 11) is 0. The fourth-order valence-corrected chi connectivity index (χ4v) is 1.88. The molecule has 2 nitrogen and oxygen atoms in total. The summed E-state index contributed by atoms with van der Waals surface area (Å²) in [5.74, 6) is -0.121. The summed E-state index contributed by atoms with van der Waals surface area (Å²) in [5, 5.41) is 2.03. The van der Waals surface area contributed by atoms with Gasteiger partial charge in [-0.2, -0.15) is 0 Å². The number of carbonyl (C=O) groups excluding carboxylic acids is 1. The largest absolute Gasteiger partial charge is 0.462 e. The zero-order valence-electron chi connectivity index (χ0n) is 7.95. The van der Waals surface area contributed by atoms with Crippen LogP contribution in [-0.4, -0.2) is 12.1 Å². The zero-order valence-corrected chi connectivity index (χ0v) is 8.76. The van der Waals surface area contributed by atoms with E-state index in [4.69, 9.17) is 4.74 Å². The molecule has 1 rings (SSSR count). The van der Waals surface area contributed by atoms with Gasteiger partial charge in [0.2, 0.25) is 0 Å². The van der Waals surface area contributed by atoms with Crippen molar-refractivity contribution in [3.63, 3.8) is 0 Å². The van der Waals surface area contributed by atoms with Gasteiger partial charge in [-0.1, -0.05) is 13.0 Å². The number of hydrogen-bond donors (Lipinski definition) is 0. The molecule has 0 fully saturated rings. The number of ether oxygens (including phenoxy) is 1. The van der Waals surface area contributed by atoms with Crippen molar-refractivity contribution in [3.8, 4) is 0 Å². The molecule has 1 heterocycles. The summed E-state index contributed by atoms with van der Waals surface area (Å²) in [6.45, 7) is 3.73. The summed E-state index contributed by atoms with van der Waals surface area (Å²) in [6, 6.07) is 4.06. The number of rotatable bonds is 4. The highest BCUT2D eigenvalue weighted by atomic mass is 32.1. The van der Waals surface area contributed by atoms with E-state index in [1.807, 2.05) is 18.4 Å². The number of hydrogen-bond acceptors (Lipinski definition) is 3. The van der Waals surface area contributed by atoms with Crippen LogP contribution < -0.4 is 0 Å². The summed E-state index contributed by atoms with van der Waals surface area (Å²) >= 11 is 1.69. The normalized spacial score (nSPS) is 12.5. The van der Waals surface area contributed by atoms with Gasteiger partial charge in [0.25, 0.3) is 0 Å². The molecule has 13 heavy (non-hydrogen) atoms. The Labute approximate surface area is 82.5 Å². The molecule has 0 spiro atoms. The quantitative estimate of drug-likeness (QED) is 0.695. The maximum absolute atomic E-state index is 10.9. The highest BCUT2D eigenvalue weighted by Crippen LogP contribution is 2.12. The van der Waals surface area contributed by atoms with E-state index in [-0.39, 0.29) is 12.1 Å². The first-order valence-corrected chi connectivity index (χ1v) is 5.32. The van der Waals surface area contributed by atoms with Crippen LogP contribution in [0.15, 0.2) is 17.5 Å². The van der Waals surface area contributed by atoms with Crippen molar-refractivity contribution in [1.29, 1.82) is 0 Å². The van der Waals surface area contributed by atoms with E-state index in [2.05, 4.69) is 6.07 Å². The molecule has 1 atom stereocenters. The van der Waals surface area contributed by atoms with Gasteiger partial charge in [0.1, 0.15) is 6.10 Å². The Bertz CT molecular complexity index is 254. The number of carbonyl (C=O) groups is 1. The Morgan fingerprint density at radius 1 is 1.69 bits per heavy atom. The van der Waals surface area contributed by atoms with E-state index in [1.54, 1.807) is 18.3 Å². The van der Waals surface area contributed by atoms with E-state index in [9.17, 15) is 4.79 Å². The monoisotopic (exact) mass is 198 g/mol. The van der Waals surface area contributed by atoms with Gasteiger partial charge in [0.15, 0.2) is 0 Å². The zero-order chi connectivity index (χ0) is 9.68. The molecule has 0 saturated carbocycles. The summed E-state index contributed by atoms with van der Waals surface area (Å²) in [5.41, 5.74) is 0. The van der Waals surface area contributed by atoms with Crippen LogP contribution in [-0.2, 0) is 16.0 Å². The summed E-state index contributed by atoms with van der Waals surface area (Å²) < 4.78 is 5.14. The van der Waals surface area contributed by atoms with Crippen molar-refractivity contribution in [1.82, 2.24) is 0 Å². The Kier molecular flexibility index (Phi) is 3.96. The number of esters is 1. The third-order valence-electron chi connectivity index (χ3n) is 1.69. The molecule has 0 saturated heterocycles. The molecule has 72 valence electrons. The maximum Gasteiger partial charge on any atom is 0.305 e. The third-order valence-corrected chi connectivity index (χ3v) is 2.59. The average molecular weight is 198 g/mol. The van der Waals surface area contributed by atoms with Crippen LogP contribution in [0.25, 0.3) is 0 Å². The van der Waals surface area contributed by atoms with Gasteiger partial charge >= 0.3 is 5.97 Å². The first-order chi connectivity index (χ1) is 6.22. The smallest absolute Gasteiger partial charge is 0.305 e. The van der Waals surface area contributed by atoms with Gasteiger partial charge in [-0.05, 0) is 18.4 Å². The van der Waals surface area contributed by atoms with Gasteiger partial charge in [0, 0.05) is 17.7 Å². The first-order valence-electron chi connectivity index (χ1n) is 4.44. The van der Waals surface area contributed by atoms with Crippen molar-refractivity contribution in [2.45, 2.75) is 32.8 Å². The second-order valence-electron chi connectivity index (χ2n) is 2.94. The summed E-state index contributed by atoms with van der Waals surface area (Å²) in [6.07, 6.45) is 1.27. The molecule has 0 aromatic carbocycles. The van der Waals surface area contributed by atoms with Gasteiger partial charge in [-0.15, -0.1) is 11.3 Å². The molecule has 0 N–H and O–H groups in total. The topological polar surface area (TPSA) is 26.3 Å². The maximum atomic E-state index is 10.9. The Morgan fingerprint density at radius 2 is 2.46 bits per heavy atom. The molecule has 0 aliphatic rings. The second kappa shape index (κ2) is 5.02. The molecular weight excluding hydrogens is 184 g/mol. The Hall–Kier alpha value is -0.830. The highest BCUT2D eigenvalue weighted by Gasteiger charge is 2.08. The molecule has 0 aliphatic carbocycles. The lowest BCUT2D eigenvalue weighted by atomic mass is 10.2. The first kappa shape index (κ1) is 10.3. The van der Waals surface area contributed by atoms with Crippen LogP contribution in [0.3, 0.4) is 0 Å². The molecule has 1 aromatic heterocycles. The van der Waals surface area contributed by atoms with Crippen LogP contribution in [0.4, 0.5) is 0 Å². The van der Waals surface area contributed by atoms with Gasteiger partial charge in [0.05, 0.1) is 0 Å². The average Bonchev–Trinajstić information content (AvgIpc) is 2.56. The lowest BCUT2D eigenvalue weighted by molar-refractivity contribution is -0.147. The Balaban J connectivity index is 2.33. The standard InChI is InChI=1S/C10H14O2S/c1-3-10(11)12-8(2)7-9-5-4-6-13-9/h4-6,8H,3,7H2,1-2H3. The van der Waals surface area contributed by atoms with Crippen LogP contribution in [0.1, 0.15) is 25.1 Å². The molecule has 3 heteroatoms. The predicted octanol–water partition coefficient (Wildman–Crippen LogP) is 2.63. The fraction of sp³-hybridized carbons (Fsp3) is 0.500. The van der Waals surface area contributed by atoms with E-state index >= 15 is 0 Å². The van der Waals surface area contributed by atoms with E-state index in [0.717, 1.165) is 6.42 Å². The molecule has 1 aromatic rings. The van der Waals surface area contributed by atoms with E-state index < -0.39 is 0 Å². The summed E-state index contributed by atoms with van der Waals surface area (Å²) in [4.78, 5) is 12.2. The minimum atomic E-state index is -0.121. The van der Waals surface area contributed by atoms with E-state index in [0.29, 0.717) is 6.42 Å². The van der Waals surface area contributed by atoms with Crippen LogP contribution in [0, 0.1) is 0 Å². The van der Waals surface area contributed by atoms with Gasteiger partial charge in [-0.3, -0.25) is 4.79 Å². The second-order valence-corrected chi connectivity index (χ2v) is 3.97. The van der Waals surface area contributed by atoms with Crippen LogP contribution in [0.5, 0.6) is 0 Å². The predicted molar refractivity (Wildman–Crippen MR) is 53.9 cm³/mol. The fourth-order valence-electron chi connectivity index (χ4n) is 1.06. The van der Waals surface area contributed by atoms with Crippen molar-refractivity contribution in [2.75, 3.05) is 0 Å². The lowest BCUT2D eigenvalue weighted by Crippen LogP contribution is -2.15. The van der Waals surface area contributed by atoms with Gasteiger partial charge < -0.3 is 4.74 Å². The van der Waals surface area contributed by atoms with Crippen LogP contribution in [0.2, 0.25) is 0 Å². The lowest BCUT2D eigenvalue weighted by Gasteiger charge is -2.10. The molecular formula is C10H14O2S. The Morgan fingerprint density at radius 3 is 3.00 bits per heavy atom. The molecule has 1 unspecified atom stereocenters. The van der Waals surface area contributed by atoms with Crippen molar-refractivity contribution >= 4 is 17.3 Å². The van der Waals surface area contributed by atoms with Gasteiger partial charge in [-0.25, -0.2) is 0 Å². The van der Waals surface area contributed by atoms with Crippen molar-refractivity contribution < 1.29 is 9.53 Å². The minimum Gasteiger partial charge on any atom is -0.462 e. The molecule has 0 radical (unpaired) electrons. The SMILES string of the molecule is CCC(=O)OC(C)Cc1cccs1. The highest BCUT2D eigenvalue weighted by molar-refractivity contribution is 7.09.